The number of aromatic nitrogens is 3. The Balaban J connectivity index is 1.83. The molecule has 4 rings (SSSR count). The number of aromatic amines is 1. The monoisotopic (exact) mass is 422 g/mol. The van der Waals surface area contributed by atoms with Gasteiger partial charge in [-0.1, -0.05) is 29.3 Å². The van der Waals surface area contributed by atoms with E-state index < -0.39 is 17.2 Å². The van der Waals surface area contributed by atoms with Crippen LogP contribution < -0.4 is 16.6 Å². The normalized spacial score (nSPS) is 11.1. The number of rotatable bonds is 3. The number of benzene rings is 2. The lowest BCUT2D eigenvalue weighted by atomic mass is 10.1. The van der Waals surface area contributed by atoms with E-state index in [0.717, 1.165) is 15.7 Å². The minimum absolute atomic E-state index is 0.194. The second-order valence-electron chi connectivity index (χ2n) is 7.20. The fourth-order valence-electron chi connectivity index (χ4n) is 3.51. The molecule has 4 aromatic rings. The number of carbonyl (C=O) groups is 1. The van der Waals surface area contributed by atoms with E-state index in [1.165, 1.54) is 10.8 Å². The first-order valence-electron chi connectivity index (χ1n) is 9.25. The van der Waals surface area contributed by atoms with Gasteiger partial charge in [0.2, 0.25) is 0 Å². The van der Waals surface area contributed by atoms with Crippen LogP contribution in [-0.4, -0.2) is 20.0 Å². The molecule has 2 aromatic carbocycles. The minimum atomic E-state index is -0.637. The summed E-state index contributed by atoms with van der Waals surface area (Å²) in [6.07, 6.45) is 1.53. The summed E-state index contributed by atoms with van der Waals surface area (Å²) in [5.74, 6) is -0.410. The molecule has 0 aliphatic rings. The molecule has 2 N–H and O–H groups in total. The molecule has 152 valence electrons. The van der Waals surface area contributed by atoms with Crippen molar-refractivity contribution in [2.24, 2.45) is 7.05 Å². The van der Waals surface area contributed by atoms with Crippen molar-refractivity contribution >= 4 is 34.2 Å². The van der Waals surface area contributed by atoms with Crippen molar-refractivity contribution in [3.8, 4) is 5.69 Å². The Morgan fingerprint density at radius 3 is 2.43 bits per heavy atom. The summed E-state index contributed by atoms with van der Waals surface area (Å²) >= 11 is 5.90. The number of hydrogen-bond donors (Lipinski definition) is 2. The molecule has 0 aliphatic heterocycles. The minimum Gasteiger partial charge on any atom is -0.344 e. The van der Waals surface area contributed by atoms with Crippen LogP contribution in [0.2, 0.25) is 5.02 Å². The lowest BCUT2D eigenvalue weighted by molar-refractivity contribution is 0.102. The van der Waals surface area contributed by atoms with Crippen LogP contribution in [0.4, 0.5) is 5.69 Å². The molecule has 0 atom stereocenters. The highest BCUT2D eigenvalue weighted by Gasteiger charge is 2.20. The number of H-pyrrole nitrogens is 1. The van der Waals surface area contributed by atoms with Crippen molar-refractivity contribution in [3.05, 3.63) is 91.2 Å². The Morgan fingerprint density at radius 2 is 1.77 bits per heavy atom. The van der Waals surface area contributed by atoms with Gasteiger partial charge in [0.1, 0.15) is 5.52 Å². The maximum atomic E-state index is 13.1. The van der Waals surface area contributed by atoms with E-state index in [4.69, 9.17) is 11.6 Å². The largest absolute Gasteiger partial charge is 0.344 e. The zero-order chi connectivity index (χ0) is 21.6. The summed E-state index contributed by atoms with van der Waals surface area (Å²) in [4.78, 5) is 41.4. The zero-order valence-corrected chi connectivity index (χ0v) is 17.4. The highest BCUT2D eigenvalue weighted by Crippen LogP contribution is 2.20. The van der Waals surface area contributed by atoms with Crippen LogP contribution >= 0.6 is 11.6 Å². The molecule has 0 saturated carbocycles. The number of hydrogen-bond acceptors (Lipinski definition) is 3. The van der Waals surface area contributed by atoms with E-state index >= 15 is 0 Å². The van der Waals surface area contributed by atoms with Crippen molar-refractivity contribution in [3.63, 3.8) is 0 Å². The fourth-order valence-corrected chi connectivity index (χ4v) is 3.64. The van der Waals surface area contributed by atoms with Crippen LogP contribution in [0.3, 0.4) is 0 Å². The van der Waals surface area contributed by atoms with E-state index in [0.29, 0.717) is 16.4 Å². The summed E-state index contributed by atoms with van der Waals surface area (Å²) in [6.45, 7) is 3.87. The van der Waals surface area contributed by atoms with Crippen molar-refractivity contribution in [2.75, 3.05) is 5.32 Å². The summed E-state index contributed by atoms with van der Waals surface area (Å²) in [6, 6.07) is 12.1. The van der Waals surface area contributed by atoms with E-state index in [1.807, 2.05) is 32.0 Å². The van der Waals surface area contributed by atoms with E-state index in [9.17, 15) is 14.4 Å². The number of nitrogens with zero attached hydrogens (tertiary/aromatic N) is 2. The molecular formula is C22H19ClN4O3. The smallest absolute Gasteiger partial charge is 0.333 e. The van der Waals surface area contributed by atoms with Crippen LogP contribution in [0.1, 0.15) is 21.5 Å². The maximum Gasteiger partial charge on any atom is 0.333 e. The number of amides is 1. The Hall–Kier alpha value is -3.58. The highest BCUT2D eigenvalue weighted by atomic mass is 35.5. The van der Waals surface area contributed by atoms with Crippen LogP contribution in [0.15, 0.2) is 58.3 Å². The Morgan fingerprint density at radius 1 is 1.07 bits per heavy atom. The molecule has 2 aromatic heterocycles. The predicted molar refractivity (Wildman–Crippen MR) is 118 cm³/mol. The molecule has 30 heavy (non-hydrogen) atoms. The van der Waals surface area contributed by atoms with Gasteiger partial charge in [0.15, 0.2) is 0 Å². The van der Waals surface area contributed by atoms with Gasteiger partial charge in [-0.3, -0.25) is 9.59 Å². The molecular weight excluding hydrogens is 404 g/mol. The maximum absolute atomic E-state index is 13.1. The first-order valence-corrected chi connectivity index (χ1v) is 9.63. The molecule has 0 spiro atoms. The highest BCUT2D eigenvalue weighted by molar-refractivity contribution is 6.30. The summed E-state index contributed by atoms with van der Waals surface area (Å²) < 4.78 is 2.56. The van der Waals surface area contributed by atoms with Gasteiger partial charge in [0.25, 0.3) is 11.5 Å². The second-order valence-corrected chi connectivity index (χ2v) is 7.63. The van der Waals surface area contributed by atoms with Gasteiger partial charge in [-0.15, -0.1) is 0 Å². The average Bonchev–Trinajstić information content (AvgIpc) is 3.02. The molecule has 0 saturated heterocycles. The van der Waals surface area contributed by atoms with Crippen molar-refractivity contribution in [1.82, 2.24) is 14.1 Å². The molecule has 0 fully saturated rings. The van der Waals surface area contributed by atoms with E-state index in [2.05, 4.69) is 10.3 Å². The van der Waals surface area contributed by atoms with Gasteiger partial charge < -0.3 is 14.9 Å². The molecule has 0 aliphatic carbocycles. The number of aryl methyl sites for hydroxylation is 3. The van der Waals surface area contributed by atoms with Crippen molar-refractivity contribution in [1.29, 1.82) is 0 Å². The summed E-state index contributed by atoms with van der Waals surface area (Å²) in [7, 11) is 1.65. The molecule has 7 nitrogen and oxygen atoms in total. The summed E-state index contributed by atoms with van der Waals surface area (Å²) in [5.41, 5.74) is 2.52. The molecule has 0 unspecified atom stereocenters. The van der Waals surface area contributed by atoms with Gasteiger partial charge in [-0.2, -0.15) is 0 Å². The molecule has 2 heterocycles. The molecule has 1 amide bonds. The second kappa shape index (κ2) is 7.35. The van der Waals surface area contributed by atoms with Crippen LogP contribution in [-0.2, 0) is 7.05 Å². The first-order chi connectivity index (χ1) is 14.3. The lowest BCUT2D eigenvalue weighted by Gasteiger charge is -2.09. The SMILES string of the molecule is Cc1ccc(NC(=O)c2cn(C)c3c(=O)n(-c4ccc(Cl)cc4)c(=O)[nH]c23)c(C)c1. The quantitative estimate of drug-likeness (QED) is 0.529. The first kappa shape index (κ1) is 19.7. The Kier molecular flexibility index (Phi) is 4.83. The van der Waals surface area contributed by atoms with Crippen molar-refractivity contribution in [2.45, 2.75) is 13.8 Å². The topological polar surface area (TPSA) is 88.9 Å². The lowest BCUT2D eigenvalue weighted by Crippen LogP contribution is -2.34. The molecule has 0 bridgehead atoms. The average molecular weight is 423 g/mol. The molecule has 0 radical (unpaired) electrons. The third kappa shape index (κ3) is 3.33. The Bertz CT molecular complexity index is 1410. The van der Waals surface area contributed by atoms with Gasteiger partial charge in [-0.25, -0.2) is 9.36 Å². The third-order valence-electron chi connectivity index (χ3n) is 4.98. The zero-order valence-electron chi connectivity index (χ0n) is 16.6. The Labute approximate surface area is 176 Å². The van der Waals surface area contributed by atoms with Crippen LogP contribution in [0.25, 0.3) is 16.7 Å². The van der Waals surface area contributed by atoms with E-state index in [1.54, 1.807) is 31.3 Å². The number of fused-ring (bicyclic) bond motifs is 1. The van der Waals surface area contributed by atoms with Gasteiger partial charge in [0, 0.05) is 24.0 Å². The van der Waals surface area contributed by atoms with Gasteiger partial charge >= 0.3 is 5.69 Å². The van der Waals surface area contributed by atoms with Gasteiger partial charge in [0.05, 0.1) is 16.8 Å². The van der Waals surface area contributed by atoms with Crippen molar-refractivity contribution < 1.29 is 4.79 Å². The molecule has 8 heteroatoms. The third-order valence-corrected chi connectivity index (χ3v) is 5.23. The summed E-state index contributed by atoms with van der Waals surface area (Å²) in [5, 5.41) is 3.35. The number of nitrogens with one attached hydrogen (secondary N) is 2. The van der Waals surface area contributed by atoms with E-state index in [-0.39, 0.29) is 16.6 Å². The van der Waals surface area contributed by atoms with Crippen LogP contribution in [0.5, 0.6) is 0 Å². The van der Waals surface area contributed by atoms with Crippen LogP contribution in [0, 0.1) is 13.8 Å². The van der Waals surface area contributed by atoms with Gasteiger partial charge in [-0.05, 0) is 49.7 Å². The fraction of sp³-hybridized carbons (Fsp3) is 0.136. The number of anilines is 1. The predicted octanol–water partition coefficient (Wildman–Crippen LogP) is 3.54. The number of carbonyl (C=O) groups excluding carboxylic acids is 1. The number of halogens is 1. The standard InChI is InChI=1S/C22H19ClN4O3/c1-12-4-9-17(13(2)10-12)24-20(28)16-11-26(3)19-18(16)25-22(30)27(21(19)29)15-7-5-14(23)6-8-15/h4-11H,1-3H3,(H,24,28)(H,25,30).